The number of ether oxygens (including phenoxy) is 1. The second kappa shape index (κ2) is 38.5. The fraction of sp³-hybridized carbons (Fsp3) is 0.200. The van der Waals surface area contributed by atoms with E-state index < -0.39 is 41.2 Å². The monoisotopic (exact) mass is 1680 g/mol. The number of phenolic OH excluding ortho intramolecular Hbond substituents is 2. The summed E-state index contributed by atoms with van der Waals surface area (Å²) in [7, 11) is 0. The highest BCUT2D eigenvalue weighted by atomic mass is 19.1. The molecule has 6 N–H and O–H groups in total. The van der Waals surface area contributed by atoms with Crippen LogP contribution in [0.1, 0.15) is 123 Å². The van der Waals surface area contributed by atoms with Crippen LogP contribution in [-0.2, 0) is 14.4 Å². The van der Waals surface area contributed by atoms with Gasteiger partial charge in [0.2, 0.25) is 11.8 Å². The number of hydrogen-bond acceptors (Lipinski definition) is 13. The van der Waals surface area contributed by atoms with E-state index in [1.165, 1.54) is 67.2 Å². The fourth-order valence-electron chi connectivity index (χ4n) is 17.3. The Morgan fingerprint density at radius 1 is 0.333 bits per heavy atom. The number of phenols is 2. The molecule has 0 bridgehead atoms. The third-order valence-corrected chi connectivity index (χ3v) is 24.1. The molecule has 0 spiro atoms. The lowest BCUT2D eigenvalue weighted by Gasteiger charge is -2.35. The van der Waals surface area contributed by atoms with Crippen LogP contribution in [0.2, 0.25) is 0 Å². The average Bonchev–Trinajstić information content (AvgIpc) is 1.66. The number of hydrogen-bond donors (Lipinski definition) is 6. The number of ketones is 3. The van der Waals surface area contributed by atoms with Gasteiger partial charge < -0.3 is 59.7 Å². The number of rotatable bonds is 22. The molecule has 12 aromatic carbocycles. The van der Waals surface area contributed by atoms with Gasteiger partial charge in [-0.1, -0.05) is 146 Å². The summed E-state index contributed by atoms with van der Waals surface area (Å²) >= 11 is 0. The van der Waals surface area contributed by atoms with Gasteiger partial charge in [0, 0.05) is 220 Å². The van der Waals surface area contributed by atoms with Crippen LogP contribution in [0, 0.1) is 17.5 Å². The van der Waals surface area contributed by atoms with E-state index in [-0.39, 0.29) is 65.7 Å². The van der Waals surface area contributed by atoms with Gasteiger partial charge in [0.05, 0.1) is 0 Å². The molecule has 3 aliphatic rings. The number of piperazine rings is 3. The third-order valence-electron chi connectivity index (χ3n) is 24.1. The smallest absolute Gasteiger partial charge is 0.308 e. The van der Waals surface area contributed by atoms with Crippen molar-refractivity contribution in [3.05, 3.63) is 359 Å². The van der Waals surface area contributed by atoms with Crippen LogP contribution < -0.4 is 24.8 Å². The highest BCUT2D eigenvalue weighted by Crippen LogP contribution is 2.42. The van der Waals surface area contributed by atoms with Crippen molar-refractivity contribution in [2.75, 3.05) is 93.2 Å². The van der Waals surface area contributed by atoms with Gasteiger partial charge in [-0.15, -0.1) is 0 Å². The first-order valence-corrected chi connectivity index (χ1v) is 42.5. The predicted octanol–water partition coefficient (Wildman–Crippen LogP) is 20.2. The van der Waals surface area contributed by atoms with E-state index in [2.05, 4.69) is 83.5 Å². The molecule has 2 amide bonds. The molecule has 3 aromatic heterocycles. The molecule has 0 radical (unpaired) electrons. The number of aromatic hydroxyl groups is 2. The summed E-state index contributed by atoms with van der Waals surface area (Å²) in [4.78, 5) is 97.3. The number of amides is 2. The maximum atomic E-state index is 14.6. The van der Waals surface area contributed by atoms with E-state index in [9.17, 15) is 52.2 Å². The molecule has 0 aliphatic carbocycles. The molecule has 18 nitrogen and oxygen atoms in total. The number of H-pyrrole nitrogens is 3. The number of benzene rings is 12. The number of halogens is 3. The molecule has 3 atom stereocenters. The van der Waals surface area contributed by atoms with Crippen LogP contribution >= 0.6 is 0 Å². The number of nitrogens with one attached hydrogen (secondary N) is 4. The molecule has 3 saturated heterocycles. The van der Waals surface area contributed by atoms with Crippen LogP contribution in [0.3, 0.4) is 0 Å². The largest absolute Gasteiger partial charge is 0.508 e. The van der Waals surface area contributed by atoms with Gasteiger partial charge in [-0.25, -0.2) is 13.2 Å². The SMILES string of the molecule is CC(=O)N1CCN(c2ccc(-c3cccc(C(=O)C[C@@H](c4cc5ccccc5[nH]4)c4cc(F)ccc4O)c3)cc2)CC1.CC(=O)Oc1ccc(F)cc1[C@@H](CC(=O)c1cccc(-c2ccc(N3CCN(C(C)=O)CC3)cc2)c1)c1cc2ccccc2[nH]1.O=C(C[C@@H](c1cc2ccccc2[nH]1)c1cc(F)ccc1O)c1cccc(-c2ccc(N3CCNCC3)cc2)c1. The number of aromatic nitrogens is 3. The summed E-state index contributed by atoms with van der Waals surface area (Å²) in [5.41, 5.74) is 17.0. The zero-order chi connectivity index (χ0) is 87.5. The van der Waals surface area contributed by atoms with Gasteiger partial charge >= 0.3 is 5.97 Å². The number of nitrogens with zero attached hydrogens (tertiary/aromatic N) is 5. The zero-order valence-corrected chi connectivity index (χ0v) is 70.2. The number of fused-ring (bicyclic) bond motifs is 3. The van der Waals surface area contributed by atoms with Crippen LogP contribution in [0.5, 0.6) is 17.2 Å². The first-order chi connectivity index (χ1) is 61.1. The van der Waals surface area contributed by atoms with Gasteiger partial charge in [-0.05, 0) is 195 Å². The first-order valence-electron chi connectivity index (χ1n) is 42.5. The summed E-state index contributed by atoms with van der Waals surface area (Å²) in [5.74, 6) is -3.60. The number of anilines is 3. The van der Waals surface area contributed by atoms with Crippen LogP contribution in [-0.4, -0.2) is 149 Å². The standard InChI is InChI=1S/C37H34FN3O4.C35H32FN3O3.C33H30FN3O2/c1-24(42)40-16-18-41(19-17-40)31-13-10-26(11-14-31)27-7-5-8-29(20-27)36(44)23-32(35-21-28-6-3-4-9-34(28)39-35)33-22-30(38)12-15-37(33)45-25(2)43;1-23(40)38-15-17-39(18-16-38)29-12-9-24(10-13-29)25-6-4-7-27(19-25)35(42)22-30(31-21-28(36)11-14-34(31)41)33-20-26-5-2-3-8-32(26)37-33;34-26-10-13-32(38)29(20-26)28(31-19-24-4-1-2-7-30(24)36-31)21-33(39)25-6-3-5-23(18-25)22-8-11-27(12-9-22)37-16-14-35-15-17-37/h3-15,20-22,32,39H,16-19,23H2,1-2H3;2-14,19-21,30,37,41H,15-18,22H2,1H3;1-13,18-20,28,35-36,38H,14-17,21H2/t32-;30-;28-/m111/s1. The minimum absolute atomic E-state index is 0.0270. The van der Waals surface area contributed by atoms with E-state index >= 15 is 0 Å². The highest BCUT2D eigenvalue weighted by Gasteiger charge is 2.31. The fourth-order valence-corrected chi connectivity index (χ4v) is 17.3. The lowest BCUT2D eigenvalue weighted by Crippen LogP contribution is -2.48. The normalized spacial score (nSPS) is 14.2. The van der Waals surface area contributed by atoms with E-state index in [0.29, 0.717) is 59.6 Å². The summed E-state index contributed by atoms with van der Waals surface area (Å²) in [6, 6.07) is 88.5. The quantitative estimate of drug-likeness (QED) is 0.0211. The second-order valence-electron chi connectivity index (χ2n) is 32.3. The van der Waals surface area contributed by atoms with Crippen molar-refractivity contribution >= 4 is 84.9 Å². The van der Waals surface area contributed by atoms with Gasteiger partial charge in [-0.2, -0.15) is 0 Å². The molecule has 126 heavy (non-hydrogen) atoms. The molecule has 3 fully saturated rings. The average molecular weight is 1680 g/mol. The van der Waals surface area contributed by atoms with Crippen molar-refractivity contribution in [2.45, 2.75) is 57.8 Å². The Morgan fingerprint density at radius 3 is 0.984 bits per heavy atom. The van der Waals surface area contributed by atoms with Crippen molar-refractivity contribution in [1.82, 2.24) is 30.1 Å². The van der Waals surface area contributed by atoms with Gasteiger partial charge in [-0.3, -0.25) is 28.8 Å². The van der Waals surface area contributed by atoms with E-state index in [0.717, 1.165) is 147 Å². The molecular formula is C105H96F3N9O9. The molecule has 0 unspecified atom stereocenters. The van der Waals surface area contributed by atoms with E-state index in [1.807, 2.05) is 186 Å². The molecule has 3 aliphatic heterocycles. The molecular weight excluding hydrogens is 1590 g/mol. The summed E-state index contributed by atoms with van der Waals surface area (Å²) in [6.45, 7) is 14.5. The number of Topliss-reactive ketones (excluding diaryl/α,β-unsaturated/α-hetero) is 3. The Kier molecular flexibility index (Phi) is 25.9. The van der Waals surface area contributed by atoms with E-state index in [1.54, 1.807) is 26.0 Å². The Balaban J connectivity index is 0.000000140. The van der Waals surface area contributed by atoms with Crippen molar-refractivity contribution in [2.24, 2.45) is 0 Å². The number of aromatic amines is 3. The number of carbonyl (C=O) groups excluding carboxylic acids is 6. The molecule has 18 rings (SSSR count). The Labute approximate surface area is 728 Å². The van der Waals surface area contributed by atoms with Gasteiger partial charge in [0.25, 0.3) is 0 Å². The maximum absolute atomic E-state index is 14.6. The topological polar surface area (TPSA) is 228 Å². The molecule has 636 valence electrons. The maximum Gasteiger partial charge on any atom is 0.308 e. The Hall–Kier alpha value is -14.6. The lowest BCUT2D eigenvalue weighted by molar-refractivity contribution is -0.132. The van der Waals surface area contributed by atoms with Crippen LogP contribution in [0.25, 0.3) is 66.1 Å². The van der Waals surface area contributed by atoms with Crippen molar-refractivity contribution in [3.63, 3.8) is 0 Å². The predicted molar refractivity (Wildman–Crippen MR) is 491 cm³/mol. The Morgan fingerprint density at radius 2 is 0.651 bits per heavy atom. The van der Waals surface area contributed by atoms with Crippen molar-refractivity contribution in [3.8, 4) is 50.6 Å². The zero-order valence-electron chi connectivity index (χ0n) is 70.2. The van der Waals surface area contributed by atoms with Gasteiger partial charge in [0.1, 0.15) is 34.7 Å². The molecule has 0 saturated carbocycles. The second-order valence-corrected chi connectivity index (χ2v) is 32.3. The van der Waals surface area contributed by atoms with Crippen molar-refractivity contribution in [1.29, 1.82) is 0 Å². The minimum Gasteiger partial charge on any atom is -0.508 e. The third kappa shape index (κ3) is 20.0. The number of esters is 1. The van der Waals surface area contributed by atoms with E-state index in [4.69, 9.17) is 4.74 Å². The minimum atomic E-state index is -0.596. The Bertz CT molecular complexity index is 6380. The number of para-hydroxylation sites is 3. The van der Waals surface area contributed by atoms with Crippen LogP contribution in [0.15, 0.2) is 291 Å². The first kappa shape index (κ1) is 85.0. The molecule has 15 aromatic rings. The van der Waals surface area contributed by atoms with Crippen LogP contribution in [0.4, 0.5) is 30.2 Å². The summed E-state index contributed by atoms with van der Waals surface area (Å²) in [5, 5.41) is 27.6. The summed E-state index contributed by atoms with van der Waals surface area (Å²) < 4.78 is 48.6. The van der Waals surface area contributed by atoms with Gasteiger partial charge in [0.15, 0.2) is 17.3 Å². The molecule has 6 heterocycles. The molecule has 21 heteroatoms. The summed E-state index contributed by atoms with van der Waals surface area (Å²) in [6.07, 6.45) is 0.160. The van der Waals surface area contributed by atoms with Crippen molar-refractivity contribution < 1.29 is 56.9 Å². The lowest BCUT2D eigenvalue weighted by atomic mass is 9.87. The highest BCUT2D eigenvalue weighted by molar-refractivity contribution is 6.00. The number of carbonyl (C=O) groups is 6.